The van der Waals surface area contributed by atoms with E-state index in [2.05, 4.69) is 26.2 Å². The number of amides is 1. The number of para-hydroxylation sites is 3. The van der Waals surface area contributed by atoms with Gasteiger partial charge in [-0.2, -0.15) is 0 Å². The Kier molecular flexibility index (Phi) is 6.43. The molecule has 0 unspecified atom stereocenters. The van der Waals surface area contributed by atoms with Gasteiger partial charge in [-0.25, -0.2) is 14.4 Å². The molecule has 1 aliphatic heterocycles. The van der Waals surface area contributed by atoms with Crippen LogP contribution >= 0.6 is 0 Å². The van der Waals surface area contributed by atoms with Crippen molar-refractivity contribution >= 4 is 28.3 Å². The predicted octanol–water partition coefficient (Wildman–Crippen LogP) is 4.03. The maximum absolute atomic E-state index is 14.0. The third-order valence-corrected chi connectivity index (χ3v) is 6.16. The van der Waals surface area contributed by atoms with Crippen molar-refractivity contribution in [3.8, 4) is 5.75 Å². The van der Waals surface area contributed by atoms with Gasteiger partial charge in [-0.3, -0.25) is 4.79 Å². The molecule has 5 rings (SSSR count). The molecule has 7 nitrogen and oxygen atoms in total. The zero-order valence-corrected chi connectivity index (χ0v) is 19.4. The van der Waals surface area contributed by atoms with Gasteiger partial charge in [-0.1, -0.05) is 36.4 Å². The molecule has 1 saturated heterocycles. The monoisotopic (exact) mass is 471 g/mol. The van der Waals surface area contributed by atoms with Crippen molar-refractivity contribution in [2.45, 2.75) is 6.54 Å². The second-order valence-electron chi connectivity index (χ2n) is 8.29. The molecule has 1 aliphatic rings. The molecule has 2 heterocycles. The van der Waals surface area contributed by atoms with Crippen molar-refractivity contribution < 1.29 is 13.9 Å². The number of benzene rings is 3. The van der Waals surface area contributed by atoms with E-state index in [1.165, 1.54) is 12.1 Å². The predicted molar refractivity (Wildman–Crippen MR) is 135 cm³/mol. The summed E-state index contributed by atoms with van der Waals surface area (Å²) in [5, 5.41) is 3.71. The molecular formula is C27H26FN5O2. The summed E-state index contributed by atoms with van der Waals surface area (Å²) >= 11 is 0. The number of rotatable bonds is 6. The van der Waals surface area contributed by atoms with Crippen LogP contribution in [0.5, 0.6) is 5.75 Å². The summed E-state index contributed by atoms with van der Waals surface area (Å²) in [5.41, 5.74) is 1.89. The molecule has 35 heavy (non-hydrogen) atoms. The highest BCUT2D eigenvalue weighted by molar-refractivity contribution is 5.94. The van der Waals surface area contributed by atoms with Crippen LogP contribution in [0, 0.1) is 5.82 Å². The summed E-state index contributed by atoms with van der Waals surface area (Å²) in [6.45, 7) is 3.29. The van der Waals surface area contributed by atoms with Gasteiger partial charge in [0, 0.05) is 31.6 Å². The second kappa shape index (κ2) is 9.97. The van der Waals surface area contributed by atoms with E-state index in [0.29, 0.717) is 5.82 Å². The van der Waals surface area contributed by atoms with Gasteiger partial charge in [-0.15, -0.1) is 0 Å². The van der Waals surface area contributed by atoms with E-state index in [1.54, 1.807) is 19.2 Å². The van der Waals surface area contributed by atoms with E-state index in [4.69, 9.17) is 9.72 Å². The van der Waals surface area contributed by atoms with Crippen molar-refractivity contribution in [2.75, 3.05) is 43.1 Å². The van der Waals surface area contributed by atoms with Crippen LogP contribution in [0.2, 0.25) is 0 Å². The summed E-state index contributed by atoms with van der Waals surface area (Å²) < 4.78 is 19.5. The topological polar surface area (TPSA) is 70.6 Å². The largest absolute Gasteiger partial charge is 0.495 e. The van der Waals surface area contributed by atoms with Crippen molar-refractivity contribution in [2.24, 2.45) is 0 Å². The number of piperazine rings is 1. The van der Waals surface area contributed by atoms with Crippen LogP contribution in [0.4, 0.5) is 15.9 Å². The molecular weight excluding hydrogens is 445 g/mol. The van der Waals surface area contributed by atoms with Crippen molar-refractivity contribution in [3.05, 3.63) is 90.0 Å². The highest BCUT2D eigenvalue weighted by Crippen LogP contribution is 2.30. The number of carbonyl (C=O) groups is 1. The number of anilines is 2. The number of nitrogens with zero attached hydrogens (tertiary/aromatic N) is 4. The first-order valence-corrected chi connectivity index (χ1v) is 11.6. The number of hydrogen-bond donors (Lipinski definition) is 1. The highest BCUT2D eigenvalue weighted by Gasteiger charge is 2.23. The van der Waals surface area contributed by atoms with Crippen LogP contribution in [-0.2, 0) is 6.54 Å². The highest BCUT2D eigenvalue weighted by atomic mass is 19.1. The number of methoxy groups -OCH3 is 1. The van der Waals surface area contributed by atoms with E-state index in [-0.39, 0.29) is 12.1 Å². The number of ether oxygens (including phenoxy) is 1. The number of carbonyl (C=O) groups excluding carboxylic acids is 1. The molecule has 0 saturated carbocycles. The summed E-state index contributed by atoms with van der Waals surface area (Å²) in [5.74, 6) is 1.13. The lowest BCUT2D eigenvalue weighted by Crippen LogP contribution is -2.47. The second-order valence-corrected chi connectivity index (χ2v) is 8.29. The SMILES string of the molecule is COc1ccccc1N1CCN(c2nc(CNC(=O)c3ccccc3F)nc3ccccc23)CC1. The molecule has 1 fully saturated rings. The van der Waals surface area contributed by atoms with Gasteiger partial charge in [0.1, 0.15) is 17.4 Å². The Bertz CT molecular complexity index is 1350. The summed E-state index contributed by atoms with van der Waals surface area (Å²) in [6.07, 6.45) is 0. The van der Waals surface area contributed by atoms with Crippen LogP contribution in [0.25, 0.3) is 10.9 Å². The first-order valence-electron chi connectivity index (χ1n) is 11.6. The Hall–Kier alpha value is -4.20. The van der Waals surface area contributed by atoms with Crippen molar-refractivity contribution in [3.63, 3.8) is 0 Å². The molecule has 1 N–H and O–H groups in total. The zero-order valence-electron chi connectivity index (χ0n) is 19.4. The minimum absolute atomic E-state index is 0.000902. The third kappa shape index (κ3) is 4.73. The van der Waals surface area contributed by atoms with E-state index < -0.39 is 11.7 Å². The maximum atomic E-state index is 14.0. The summed E-state index contributed by atoms with van der Waals surface area (Å²) in [4.78, 5) is 26.5. The first-order chi connectivity index (χ1) is 17.1. The molecule has 178 valence electrons. The lowest BCUT2D eigenvalue weighted by atomic mass is 10.2. The van der Waals surface area contributed by atoms with E-state index in [9.17, 15) is 9.18 Å². The van der Waals surface area contributed by atoms with Crippen LogP contribution in [-0.4, -0.2) is 49.2 Å². The van der Waals surface area contributed by atoms with Gasteiger partial charge in [0.25, 0.3) is 5.91 Å². The quantitative estimate of drug-likeness (QED) is 0.458. The van der Waals surface area contributed by atoms with Gasteiger partial charge in [0.2, 0.25) is 0 Å². The van der Waals surface area contributed by atoms with Crippen LogP contribution in [0.15, 0.2) is 72.8 Å². The van der Waals surface area contributed by atoms with E-state index in [0.717, 1.165) is 54.3 Å². The molecule has 0 spiro atoms. The standard InChI is InChI=1S/C27H26FN5O2/c1-35-24-13-7-6-12-23(24)32-14-16-33(17-15-32)26-20-9-3-5-11-22(20)30-25(31-26)18-29-27(34)19-8-2-4-10-21(19)28/h2-13H,14-18H2,1H3,(H,29,34). The summed E-state index contributed by atoms with van der Waals surface area (Å²) in [6, 6.07) is 21.8. The van der Waals surface area contributed by atoms with E-state index in [1.807, 2.05) is 42.5 Å². The molecule has 4 aromatic rings. The van der Waals surface area contributed by atoms with Gasteiger partial charge in [0.15, 0.2) is 5.82 Å². The number of fused-ring (bicyclic) bond motifs is 1. The molecule has 0 radical (unpaired) electrons. The Morgan fingerprint density at radius 3 is 2.40 bits per heavy atom. The van der Waals surface area contributed by atoms with Crippen molar-refractivity contribution in [1.82, 2.24) is 15.3 Å². The Balaban J connectivity index is 1.35. The van der Waals surface area contributed by atoms with Crippen LogP contribution < -0.4 is 19.9 Å². The zero-order chi connectivity index (χ0) is 24.2. The number of halogens is 1. The third-order valence-electron chi connectivity index (χ3n) is 6.16. The van der Waals surface area contributed by atoms with Crippen molar-refractivity contribution in [1.29, 1.82) is 0 Å². The Morgan fingerprint density at radius 2 is 1.60 bits per heavy atom. The van der Waals surface area contributed by atoms with Crippen LogP contribution in [0.1, 0.15) is 16.2 Å². The number of nitrogens with one attached hydrogen (secondary N) is 1. The fraction of sp³-hybridized carbons (Fsp3) is 0.222. The number of aromatic nitrogens is 2. The van der Waals surface area contributed by atoms with Crippen LogP contribution in [0.3, 0.4) is 0 Å². The van der Waals surface area contributed by atoms with Gasteiger partial charge in [-0.05, 0) is 36.4 Å². The average molecular weight is 472 g/mol. The molecule has 0 aliphatic carbocycles. The first kappa shape index (κ1) is 22.6. The Labute approximate surface area is 203 Å². The molecule has 1 aromatic heterocycles. The maximum Gasteiger partial charge on any atom is 0.254 e. The molecule has 0 atom stereocenters. The number of hydrogen-bond acceptors (Lipinski definition) is 6. The fourth-order valence-corrected chi connectivity index (χ4v) is 4.38. The summed E-state index contributed by atoms with van der Waals surface area (Å²) in [7, 11) is 1.69. The van der Waals surface area contributed by atoms with Gasteiger partial charge < -0.3 is 19.9 Å². The molecule has 0 bridgehead atoms. The fourth-order valence-electron chi connectivity index (χ4n) is 4.38. The Morgan fingerprint density at radius 1 is 0.914 bits per heavy atom. The molecule has 1 amide bonds. The minimum Gasteiger partial charge on any atom is -0.495 e. The lowest BCUT2D eigenvalue weighted by Gasteiger charge is -2.37. The average Bonchev–Trinajstić information content (AvgIpc) is 2.91. The van der Waals surface area contributed by atoms with E-state index >= 15 is 0 Å². The molecule has 8 heteroatoms. The smallest absolute Gasteiger partial charge is 0.254 e. The minimum atomic E-state index is -0.557. The van der Waals surface area contributed by atoms with Gasteiger partial charge in [0.05, 0.1) is 30.4 Å². The lowest BCUT2D eigenvalue weighted by molar-refractivity contribution is 0.0946. The normalized spacial score (nSPS) is 13.7. The molecule has 3 aromatic carbocycles. The van der Waals surface area contributed by atoms with Gasteiger partial charge >= 0.3 is 0 Å².